The Hall–Kier alpha value is -4.12. The van der Waals surface area contributed by atoms with Gasteiger partial charge in [0.1, 0.15) is 6.54 Å². The summed E-state index contributed by atoms with van der Waals surface area (Å²) in [5, 5.41) is 13.4. The number of rotatable bonds is 8. The number of nitro benzene ring substituents is 1. The standard InChI is InChI=1S/C26H17F3IN3O7S/c1-39-21-10-14(2-8-20(21)40-19-9-3-15(26(27,28)29)12-18(19)33(37)38)11-22-24(35)32(25(36)41-22)13-23(34)31-17-6-4-16(30)5-7-17/h2-12H,13H2,1H3,(H,31,34)/b22-11-. The smallest absolute Gasteiger partial charge is 0.416 e. The van der Waals surface area contributed by atoms with Gasteiger partial charge in [-0.15, -0.1) is 0 Å². The molecule has 3 aromatic carbocycles. The number of imide groups is 1. The molecule has 0 aliphatic carbocycles. The Morgan fingerprint density at radius 2 is 1.76 bits per heavy atom. The van der Waals surface area contributed by atoms with E-state index >= 15 is 0 Å². The molecule has 1 aliphatic heterocycles. The van der Waals surface area contributed by atoms with Crippen LogP contribution in [0.15, 0.2) is 65.6 Å². The summed E-state index contributed by atoms with van der Waals surface area (Å²) in [6.07, 6.45) is -3.40. The van der Waals surface area contributed by atoms with Crippen LogP contribution in [-0.2, 0) is 15.8 Å². The number of methoxy groups -OCH3 is 1. The molecule has 1 saturated heterocycles. The zero-order chi connectivity index (χ0) is 29.9. The van der Waals surface area contributed by atoms with Crippen LogP contribution < -0.4 is 14.8 Å². The van der Waals surface area contributed by atoms with Gasteiger partial charge in [-0.2, -0.15) is 13.2 Å². The SMILES string of the molecule is COc1cc(/C=C2\SC(=O)N(CC(=O)Nc3ccc(I)cc3)C2=O)ccc1Oc1ccc(C(F)(F)F)cc1[N+](=O)[O-]. The average Bonchev–Trinajstić information content (AvgIpc) is 3.17. The number of alkyl halides is 3. The maximum absolute atomic E-state index is 13.0. The van der Waals surface area contributed by atoms with E-state index in [0.29, 0.717) is 35.1 Å². The molecule has 0 atom stereocenters. The topological polar surface area (TPSA) is 128 Å². The van der Waals surface area contributed by atoms with Gasteiger partial charge in [0.2, 0.25) is 11.7 Å². The van der Waals surface area contributed by atoms with Crippen molar-refractivity contribution in [3.63, 3.8) is 0 Å². The van der Waals surface area contributed by atoms with Crippen molar-refractivity contribution in [3.8, 4) is 17.2 Å². The van der Waals surface area contributed by atoms with Crippen molar-refractivity contribution in [1.82, 2.24) is 4.90 Å². The summed E-state index contributed by atoms with van der Waals surface area (Å²) in [7, 11) is 1.27. The van der Waals surface area contributed by atoms with Crippen molar-refractivity contribution in [2.45, 2.75) is 6.18 Å². The minimum atomic E-state index is -4.78. The maximum atomic E-state index is 13.0. The molecule has 41 heavy (non-hydrogen) atoms. The van der Waals surface area contributed by atoms with Gasteiger partial charge in [0.25, 0.3) is 11.1 Å². The van der Waals surface area contributed by atoms with E-state index < -0.39 is 51.7 Å². The first-order valence-electron chi connectivity index (χ1n) is 11.4. The van der Waals surface area contributed by atoms with Crippen molar-refractivity contribution in [3.05, 3.63) is 90.4 Å². The van der Waals surface area contributed by atoms with E-state index in [1.54, 1.807) is 24.3 Å². The second-order valence-electron chi connectivity index (χ2n) is 8.27. The number of hydrogen-bond donors (Lipinski definition) is 1. The summed E-state index contributed by atoms with van der Waals surface area (Å²) in [6, 6.07) is 13.0. The Bertz CT molecular complexity index is 1580. The first-order chi connectivity index (χ1) is 19.3. The summed E-state index contributed by atoms with van der Waals surface area (Å²) >= 11 is 2.75. The molecule has 1 fully saturated rings. The zero-order valence-electron chi connectivity index (χ0n) is 20.7. The van der Waals surface area contributed by atoms with Crippen LogP contribution in [-0.4, -0.2) is 40.5 Å². The molecule has 1 heterocycles. The molecular formula is C26H17F3IN3O7S. The number of ether oxygens (including phenoxy) is 2. The number of carbonyl (C=O) groups excluding carboxylic acids is 3. The highest BCUT2D eigenvalue weighted by atomic mass is 127. The van der Waals surface area contributed by atoms with Crippen LogP contribution in [0.3, 0.4) is 0 Å². The Morgan fingerprint density at radius 3 is 2.39 bits per heavy atom. The summed E-state index contributed by atoms with van der Waals surface area (Å²) in [5.41, 5.74) is -1.22. The van der Waals surface area contributed by atoms with Gasteiger partial charge in [0.15, 0.2) is 11.5 Å². The first-order valence-corrected chi connectivity index (χ1v) is 13.3. The van der Waals surface area contributed by atoms with E-state index in [1.165, 1.54) is 31.4 Å². The molecule has 0 saturated carbocycles. The molecule has 3 aromatic rings. The quantitative estimate of drug-likeness (QED) is 0.119. The van der Waals surface area contributed by atoms with Gasteiger partial charge in [-0.1, -0.05) is 6.07 Å². The summed E-state index contributed by atoms with van der Waals surface area (Å²) in [4.78, 5) is 48.9. The van der Waals surface area contributed by atoms with Crippen molar-refractivity contribution in [2.24, 2.45) is 0 Å². The predicted molar refractivity (Wildman–Crippen MR) is 152 cm³/mol. The Morgan fingerprint density at radius 1 is 1.07 bits per heavy atom. The monoisotopic (exact) mass is 699 g/mol. The molecular weight excluding hydrogens is 682 g/mol. The van der Waals surface area contributed by atoms with Gasteiger partial charge < -0.3 is 14.8 Å². The zero-order valence-corrected chi connectivity index (χ0v) is 23.7. The van der Waals surface area contributed by atoms with Gasteiger partial charge >= 0.3 is 11.9 Å². The van der Waals surface area contributed by atoms with Crippen LogP contribution in [0, 0.1) is 13.7 Å². The highest BCUT2D eigenvalue weighted by Crippen LogP contribution is 2.41. The number of nitro groups is 1. The number of hydrogen-bond acceptors (Lipinski definition) is 8. The van der Waals surface area contributed by atoms with E-state index in [2.05, 4.69) is 27.9 Å². The lowest BCUT2D eigenvalue weighted by molar-refractivity contribution is -0.385. The van der Waals surface area contributed by atoms with Crippen molar-refractivity contribution in [2.75, 3.05) is 19.0 Å². The van der Waals surface area contributed by atoms with Crippen molar-refractivity contribution < 1.29 is 42.0 Å². The van der Waals surface area contributed by atoms with Crippen LogP contribution >= 0.6 is 34.4 Å². The molecule has 1 aliphatic rings. The normalized spacial score (nSPS) is 14.4. The number of carbonyl (C=O) groups is 3. The maximum Gasteiger partial charge on any atom is 0.416 e. The van der Waals surface area contributed by atoms with E-state index in [0.717, 1.165) is 14.5 Å². The van der Waals surface area contributed by atoms with Crippen LogP contribution in [0.5, 0.6) is 17.2 Å². The lowest BCUT2D eigenvalue weighted by atomic mass is 10.1. The van der Waals surface area contributed by atoms with Gasteiger partial charge in [0, 0.05) is 15.3 Å². The summed E-state index contributed by atoms with van der Waals surface area (Å²) in [5.74, 6) is -1.69. The molecule has 3 amide bonds. The highest BCUT2D eigenvalue weighted by Gasteiger charge is 2.36. The fourth-order valence-electron chi connectivity index (χ4n) is 3.56. The van der Waals surface area contributed by atoms with Crippen molar-refractivity contribution in [1.29, 1.82) is 0 Å². The number of nitrogens with zero attached hydrogens (tertiary/aromatic N) is 2. The predicted octanol–water partition coefficient (Wildman–Crippen LogP) is 6.69. The minimum absolute atomic E-state index is 0.0335. The molecule has 15 heteroatoms. The Labute approximate surface area is 247 Å². The molecule has 0 radical (unpaired) electrons. The fourth-order valence-corrected chi connectivity index (χ4v) is 4.76. The molecule has 10 nitrogen and oxygen atoms in total. The van der Waals surface area contributed by atoms with Gasteiger partial charge in [-0.05, 0) is 94.5 Å². The average molecular weight is 699 g/mol. The number of thioether (sulfide) groups is 1. The van der Waals surface area contributed by atoms with Crippen LogP contribution in [0.1, 0.15) is 11.1 Å². The third-order valence-corrected chi connectivity index (χ3v) is 7.12. The number of halogens is 4. The molecule has 212 valence electrons. The molecule has 0 aromatic heterocycles. The van der Waals surface area contributed by atoms with Crippen LogP contribution in [0.25, 0.3) is 6.08 Å². The Balaban J connectivity index is 1.51. The second kappa shape index (κ2) is 12.2. The lowest BCUT2D eigenvalue weighted by Gasteiger charge is -2.13. The number of nitrogens with one attached hydrogen (secondary N) is 1. The van der Waals surface area contributed by atoms with Gasteiger partial charge in [-0.3, -0.25) is 29.4 Å². The number of anilines is 1. The van der Waals surface area contributed by atoms with Gasteiger partial charge in [-0.25, -0.2) is 0 Å². The number of benzene rings is 3. The summed E-state index contributed by atoms with van der Waals surface area (Å²) < 4.78 is 50.7. The molecule has 0 bridgehead atoms. The lowest BCUT2D eigenvalue weighted by Crippen LogP contribution is -2.36. The third-order valence-electron chi connectivity index (χ3n) is 5.49. The van der Waals surface area contributed by atoms with Crippen LogP contribution in [0.4, 0.5) is 29.3 Å². The van der Waals surface area contributed by atoms with E-state index in [9.17, 15) is 37.7 Å². The van der Waals surface area contributed by atoms with E-state index in [-0.39, 0.29) is 16.4 Å². The van der Waals surface area contributed by atoms with Gasteiger partial charge in [0.05, 0.1) is 22.5 Å². The first kappa shape index (κ1) is 29.9. The highest BCUT2D eigenvalue weighted by molar-refractivity contribution is 14.1. The molecule has 0 spiro atoms. The van der Waals surface area contributed by atoms with E-state index in [1.807, 2.05) is 0 Å². The minimum Gasteiger partial charge on any atom is -0.493 e. The molecule has 1 N–H and O–H groups in total. The Kier molecular flexibility index (Phi) is 8.86. The summed E-state index contributed by atoms with van der Waals surface area (Å²) in [6.45, 7) is -0.490. The largest absolute Gasteiger partial charge is 0.493 e. The number of amides is 3. The molecule has 0 unspecified atom stereocenters. The fraction of sp³-hybridized carbons (Fsp3) is 0.115. The second-order valence-corrected chi connectivity index (χ2v) is 10.5. The third kappa shape index (κ3) is 7.15. The van der Waals surface area contributed by atoms with E-state index in [4.69, 9.17) is 9.47 Å². The van der Waals surface area contributed by atoms with Crippen LogP contribution in [0.2, 0.25) is 0 Å². The molecule has 4 rings (SSSR count). The van der Waals surface area contributed by atoms with Crippen molar-refractivity contribution >= 4 is 68.9 Å².